The fourth-order valence-corrected chi connectivity index (χ4v) is 3.55. The predicted molar refractivity (Wildman–Crippen MR) is 63.4 cm³/mol. The Morgan fingerprint density at radius 3 is 2.65 bits per heavy atom. The van der Waals surface area contributed by atoms with Crippen LogP contribution in [0.5, 0.6) is 0 Å². The quantitative estimate of drug-likeness (QED) is 0.896. The highest BCUT2D eigenvalue weighted by molar-refractivity contribution is 7.95. The second-order valence-corrected chi connectivity index (χ2v) is 6.02. The summed E-state index contributed by atoms with van der Waals surface area (Å²) in [7, 11) is -3.57. The Morgan fingerprint density at radius 1 is 1.41 bits per heavy atom. The Kier molecular flexibility index (Phi) is 2.75. The van der Waals surface area contributed by atoms with Gasteiger partial charge in [-0.3, -0.25) is 4.79 Å². The topological polar surface area (TPSA) is 71.4 Å². The molecule has 0 fully saturated rings. The van der Waals surface area contributed by atoms with Crippen molar-refractivity contribution < 1.29 is 18.3 Å². The van der Waals surface area contributed by atoms with E-state index in [4.69, 9.17) is 16.7 Å². The smallest absolute Gasteiger partial charge is 0.310 e. The summed E-state index contributed by atoms with van der Waals surface area (Å²) in [6.07, 6.45) is 0. The third kappa shape index (κ3) is 1.96. The molecule has 0 amide bonds. The first-order valence-corrected chi connectivity index (χ1v) is 6.75. The largest absolute Gasteiger partial charge is 0.481 e. The average Bonchev–Trinajstić information content (AvgIpc) is 2.50. The lowest BCUT2D eigenvalue weighted by molar-refractivity contribution is -0.139. The van der Waals surface area contributed by atoms with E-state index in [0.717, 1.165) is 5.41 Å². The number of halogens is 1. The fourth-order valence-electron chi connectivity index (χ4n) is 1.73. The number of rotatable bonds is 2. The van der Waals surface area contributed by atoms with Crippen LogP contribution in [0.4, 0.5) is 0 Å². The van der Waals surface area contributed by atoms with Gasteiger partial charge in [0, 0.05) is 10.4 Å². The summed E-state index contributed by atoms with van der Waals surface area (Å²) in [6.45, 7) is 1.45. The van der Waals surface area contributed by atoms with Gasteiger partial charge in [-0.15, -0.1) is 0 Å². The molecular formula is C11H9ClO4S. The van der Waals surface area contributed by atoms with Gasteiger partial charge in [0.15, 0.2) is 0 Å². The van der Waals surface area contributed by atoms with Crippen molar-refractivity contribution in [1.82, 2.24) is 0 Å². The van der Waals surface area contributed by atoms with E-state index in [1.165, 1.54) is 19.1 Å². The molecule has 0 radical (unpaired) electrons. The molecule has 17 heavy (non-hydrogen) atoms. The molecule has 0 saturated heterocycles. The van der Waals surface area contributed by atoms with Crippen LogP contribution in [0.1, 0.15) is 12.5 Å². The van der Waals surface area contributed by atoms with E-state index in [1.807, 2.05) is 0 Å². The zero-order valence-electron chi connectivity index (χ0n) is 8.84. The highest BCUT2D eigenvalue weighted by Crippen LogP contribution is 2.38. The number of sulfone groups is 1. The lowest BCUT2D eigenvalue weighted by Crippen LogP contribution is -2.10. The number of aliphatic carboxylic acids is 1. The van der Waals surface area contributed by atoms with E-state index in [9.17, 15) is 13.2 Å². The van der Waals surface area contributed by atoms with Gasteiger partial charge in [-0.05, 0) is 30.2 Å². The molecule has 1 aromatic rings. The van der Waals surface area contributed by atoms with E-state index < -0.39 is 21.7 Å². The number of fused-ring (bicyclic) bond motifs is 1. The van der Waals surface area contributed by atoms with Crippen LogP contribution in [0.25, 0.3) is 5.57 Å². The molecule has 0 bridgehead atoms. The SMILES string of the molecule is CC(C(=O)O)C1=CS(=O)(=O)c2cc(Cl)ccc21. The summed E-state index contributed by atoms with van der Waals surface area (Å²) >= 11 is 5.74. The van der Waals surface area contributed by atoms with Crippen LogP contribution in [-0.2, 0) is 14.6 Å². The van der Waals surface area contributed by atoms with Crippen LogP contribution in [0.2, 0.25) is 5.02 Å². The normalized spacial score (nSPS) is 18.4. The third-order valence-electron chi connectivity index (χ3n) is 2.68. The molecule has 0 aliphatic carbocycles. The minimum absolute atomic E-state index is 0.0769. The number of benzene rings is 1. The van der Waals surface area contributed by atoms with Crippen molar-refractivity contribution in [1.29, 1.82) is 0 Å². The minimum atomic E-state index is -3.57. The van der Waals surface area contributed by atoms with Gasteiger partial charge < -0.3 is 5.11 Å². The standard InChI is InChI=1S/C11H9ClO4S/c1-6(11(13)14)9-5-17(15,16)10-4-7(12)2-3-8(9)10/h2-6H,1H3,(H,13,14). The first-order chi connectivity index (χ1) is 7.83. The van der Waals surface area contributed by atoms with Crippen molar-refractivity contribution >= 4 is 33.0 Å². The van der Waals surface area contributed by atoms with Crippen molar-refractivity contribution in [3.8, 4) is 0 Å². The lowest BCUT2D eigenvalue weighted by Gasteiger charge is -2.08. The number of carboxylic acid groups (broad SMARTS) is 1. The molecule has 0 saturated carbocycles. The number of hydrogen-bond acceptors (Lipinski definition) is 3. The van der Waals surface area contributed by atoms with Crippen LogP contribution in [0.3, 0.4) is 0 Å². The highest BCUT2D eigenvalue weighted by atomic mass is 35.5. The first kappa shape index (κ1) is 12.1. The molecule has 4 nitrogen and oxygen atoms in total. The number of carboxylic acids is 1. The summed E-state index contributed by atoms with van der Waals surface area (Å²) in [5.74, 6) is -1.93. The Morgan fingerprint density at radius 2 is 2.06 bits per heavy atom. The van der Waals surface area contributed by atoms with Gasteiger partial charge in [-0.1, -0.05) is 17.7 Å². The molecule has 6 heteroatoms. The van der Waals surface area contributed by atoms with Gasteiger partial charge in [-0.2, -0.15) is 0 Å². The second-order valence-electron chi connectivity index (χ2n) is 3.82. The predicted octanol–water partition coefficient (Wildman–Crippen LogP) is 2.19. The van der Waals surface area contributed by atoms with Crippen LogP contribution >= 0.6 is 11.6 Å². The molecular weight excluding hydrogens is 264 g/mol. The molecule has 1 aliphatic heterocycles. The molecule has 1 aliphatic rings. The maximum atomic E-state index is 11.8. The van der Waals surface area contributed by atoms with E-state index in [2.05, 4.69) is 0 Å². The van der Waals surface area contributed by atoms with Crippen molar-refractivity contribution in [2.75, 3.05) is 0 Å². The maximum absolute atomic E-state index is 11.8. The second kappa shape index (κ2) is 3.85. The minimum Gasteiger partial charge on any atom is -0.481 e. The van der Waals surface area contributed by atoms with Gasteiger partial charge in [0.25, 0.3) is 0 Å². The zero-order valence-corrected chi connectivity index (χ0v) is 10.4. The van der Waals surface area contributed by atoms with Crippen molar-refractivity contribution in [2.24, 2.45) is 5.92 Å². The van der Waals surface area contributed by atoms with E-state index in [1.54, 1.807) is 6.07 Å². The van der Waals surface area contributed by atoms with Gasteiger partial charge >= 0.3 is 5.97 Å². The Bertz CT molecular complexity index is 631. The summed E-state index contributed by atoms with van der Waals surface area (Å²) in [4.78, 5) is 11.0. The Hall–Kier alpha value is -1.33. The Balaban J connectivity index is 2.66. The maximum Gasteiger partial charge on any atom is 0.310 e. The first-order valence-electron chi connectivity index (χ1n) is 4.82. The fraction of sp³-hybridized carbons (Fsp3) is 0.182. The number of hydrogen-bond donors (Lipinski definition) is 1. The van der Waals surface area contributed by atoms with Crippen molar-refractivity contribution in [3.63, 3.8) is 0 Å². The van der Waals surface area contributed by atoms with E-state index in [0.29, 0.717) is 16.2 Å². The molecule has 0 aromatic heterocycles. The highest BCUT2D eigenvalue weighted by Gasteiger charge is 2.32. The van der Waals surface area contributed by atoms with E-state index >= 15 is 0 Å². The summed E-state index contributed by atoms with van der Waals surface area (Å²) < 4.78 is 23.6. The molecule has 1 atom stereocenters. The van der Waals surface area contributed by atoms with Gasteiger partial charge in [-0.25, -0.2) is 8.42 Å². The van der Waals surface area contributed by atoms with Gasteiger partial charge in [0.2, 0.25) is 9.84 Å². The number of carbonyl (C=O) groups is 1. The lowest BCUT2D eigenvalue weighted by atomic mass is 9.96. The molecule has 1 heterocycles. The zero-order chi connectivity index (χ0) is 12.8. The molecule has 1 unspecified atom stereocenters. The van der Waals surface area contributed by atoms with E-state index in [-0.39, 0.29) is 4.90 Å². The van der Waals surface area contributed by atoms with Crippen LogP contribution in [0, 0.1) is 5.92 Å². The van der Waals surface area contributed by atoms with Gasteiger partial charge in [0.1, 0.15) is 0 Å². The van der Waals surface area contributed by atoms with Gasteiger partial charge in [0.05, 0.1) is 10.8 Å². The molecule has 0 spiro atoms. The summed E-state index contributed by atoms with van der Waals surface area (Å²) in [6, 6.07) is 4.42. The Labute approximate surface area is 103 Å². The van der Waals surface area contributed by atoms with Crippen LogP contribution in [0.15, 0.2) is 28.5 Å². The molecule has 2 rings (SSSR count). The van der Waals surface area contributed by atoms with Crippen LogP contribution in [-0.4, -0.2) is 19.5 Å². The monoisotopic (exact) mass is 272 g/mol. The third-order valence-corrected chi connectivity index (χ3v) is 4.43. The van der Waals surface area contributed by atoms with Crippen LogP contribution < -0.4 is 0 Å². The van der Waals surface area contributed by atoms with Crippen molar-refractivity contribution in [3.05, 3.63) is 34.2 Å². The summed E-state index contributed by atoms with van der Waals surface area (Å²) in [5.41, 5.74) is 0.716. The summed E-state index contributed by atoms with van der Waals surface area (Å²) in [5, 5.41) is 10.2. The molecule has 90 valence electrons. The van der Waals surface area contributed by atoms with Crippen molar-refractivity contribution in [2.45, 2.75) is 11.8 Å². The molecule has 1 aromatic carbocycles. The average molecular weight is 273 g/mol. The molecule has 1 N–H and O–H groups in total.